The smallest absolute Gasteiger partial charge is 0.200 e. The Bertz CT molecular complexity index is 848. The maximum Gasteiger partial charge on any atom is 0.200 e. The van der Waals surface area contributed by atoms with Crippen LogP contribution in [0.3, 0.4) is 0 Å². The second-order valence-corrected chi connectivity index (χ2v) is 5.09. The molecule has 0 saturated heterocycles. The van der Waals surface area contributed by atoms with Crippen LogP contribution in [0.4, 0.5) is 5.95 Å². The van der Waals surface area contributed by atoms with Crippen LogP contribution in [-0.2, 0) is 7.05 Å². The first-order valence-electron chi connectivity index (χ1n) is 6.67. The average molecular weight is 314 g/mol. The van der Waals surface area contributed by atoms with Crippen LogP contribution >= 0.6 is 12.4 Å². The minimum atomic E-state index is 0. The lowest BCUT2D eigenvalue weighted by Crippen LogP contribution is -1.99. The van der Waals surface area contributed by atoms with Gasteiger partial charge in [0.2, 0.25) is 5.95 Å². The minimum Gasteiger partial charge on any atom is -0.369 e. The molecule has 3 rings (SSSR count). The van der Waals surface area contributed by atoms with Gasteiger partial charge in [0, 0.05) is 25.4 Å². The molecule has 22 heavy (non-hydrogen) atoms. The maximum atomic E-state index is 9.40. The summed E-state index contributed by atoms with van der Waals surface area (Å²) in [5.74, 6) is 0.547. The van der Waals surface area contributed by atoms with Gasteiger partial charge in [0.15, 0.2) is 0 Å². The van der Waals surface area contributed by atoms with E-state index >= 15 is 0 Å². The summed E-state index contributed by atoms with van der Waals surface area (Å²) in [7, 11) is 1.82. The monoisotopic (exact) mass is 313 g/mol. The van der Waals surface area contributed by atoms with Crippen molar-refractivity contribution in [1.82, 2.24) is 14.5 Å². The molecule has 2 aromatic heterocycles. The Labute approximate surface area is 134 Å². The number of rotatable bonds is 2. The van der Waals surface area contributed by atoms with Crippen LogP contribution in [0.5, 0.6) is 0 Å². The van der Waals surface area contributed by atoms with Crippen LogP contribution in [0.2, 0.25) is 0 Å². The summed E-state index contributed by atoms with van der Waals surface area (Å²) in [5, 5.41) is 9.40. The summed E-state index contributed by atoms with van der Waals surface area (Å²) in [6.07, 6.45) is 3.59. The first-order valence-corrected chi connectivity index (χ1v) is 6.67. The van der Waals surface area contributed by atoms with Crippen molar-refractivity contribution < 1.29 is 0 Å². The van der Waals surface area contributed by atoms with E-state index < -0.39 is 0 Å². The summed E-state index contributed by atoms with van der Waals surface area (Å²) < 4.78 is 1.74. The van der Waals surface area contributed by atoms with Crippen LogP contribution in [0.15, 0.2) is 36.7 Å². The molecule has 1 unspecified atom stereocenters. The van der Waals surface area contributed by atoms with E-state index in [4.69, 9.17) is 5.73 Å². The van der Waals surface area contributed by atoms with Gasteiger partial charge < -0.3 is 10.3 Å². The van der Waals surface area contributed by atoms with Crippen molar-refractivity contribution in [2.24, 2.45) is 7.05 Å². The SMILES string of the molecule is CC(c1cccnc1)c1cc(C#N)c2c(c1)nc(N)n2C.Cl. The third-order valence-corrected chi connectivity index (χ3v) is 3.83. The Hall–Kier alpha value is -2.58. The van der Waals surface area contributed by atoms with Gasteiger partial charge in [-0.25, -0.2) is 4.98 Å². The highest BCUT2D eigenvalue weighted by atomic mass is 35.5. The summed E-state index contributed by atoms with van der Waals surface area (Å²) >= 11 is 0. The van der Waals surface area contributed by atoms with Gasteiger partial charge in [-0.3, -0.25) is 4.98 Å². The van der Waals surface area contributed by atoms with Gasteiger partial charge >= 0.3 is 0 Å². The van der Waals surface area contributed by atoms with Gasteiger partial charge in [0.25, 0.3) is 0 Å². The number of imidazole rings is 1. The molecule has 5 nitrogen and oxygen atoms in total. The lowest BCUT2D eigenvalue weighted by molar-refractivity contribution is 0.911. The molecule has 1 aromatic carbocycles. The lowest BCUT2D eigenvalue weighted by atomic mass is 9.92. The number of hydrogen-bond donors (Lipinski definition) is 1. The number of benzene rings is 1. The van der Waals surface area contributed by atoms with Crippen molar-refractivity contribution in [2.75, 3.05) is 5.73 Å². The van der Waals surface area contributed by atoms with E-state index in [1.807, 2.05) is 37.5 Å². The second-order valence-electron chi connectivity index (χ2n) is 5.09. The van der Waals surface area contributed by atoms with E-state index in [1.165, 1.54) is 0 Å². The molecule has 0 aliphatic rings. The van der Waals surface area contributed by atoms with Crippen molar-refractivity contribution in [3.05, 3.63) is 53.3 Å². The molecular weight excluding hydrogens is 298 g/mol. The van der Waals surface area contributed by atoms with Crippen LogP contribution < -0.4 is 5.73 Å². The fraction of sp³-hybridized carbons (Fsp3) is 0.188. The number of hydrogen-bond acceptors (Lipinski definition) is 4. The van der Waals surface area contributed by atoms with E-state index in [0.29, 0.717) is 11.5 Å². The van der Waals surface area contributed by atoms with Crippen LogP contribution in [0.25, 0.3) is 11.0 Å². The highest BCUT2D eigenvalue weighted by molar-refractivity contribution is 5.85. The zero-order chi connectivity index (χ0) is 15.0. The summed E-state index contributed by atoms with van der Waals surface area (Å²) in [6.45, 7) is 2.09. The topological polar surface area (TPSA) is 80.5 Å². The number of nitrogen functional groups attached to an aromatic ring is 1. The van der Waals surface area contributed by atoms with E-state index in [0.717, 1.165) is 22.2 Å². The normalized spacial score (nSPS) is 11.7. The molecule has 112 valence electrons. The number of nitrogens with two attached hydrogens (primary N) is 1. The predicted octanol–water partition coefficient (Wildman–Crippen LogP) is 3.00. The van der Waals surface area contributed by atoms with Gasteiger partial charge in [-0.15, -0.1) is 12.4 Å². The number of anilines is 1. The molecule has 1 atom stereocenters. The minimum absolute atomic E-state index is 0. The molecule has 0 radical (unpaired) electrons. The fourth-order valence-electron chi connectivity index (χ4n) is 2.55. The zero-order valence-corrected chi connectivity index (χ0v) is 13.1. The molecule has 0 fully saturated rings. The molecule has 0 saturated carbocycles. The Morgan fingerprint density at radius 1 is 1.32 bits per heavy atom. The van der Waals surface area contributed by atoms with Crippen molar-refractivity contribution >= 4 is 29.4 Å². The van der Waals surface area contributed by atoms with Gasteiger partial charge in [0.05, 0.1) is 16.6 Å². The first kappa shape index (κ1) is 15.8. The summed E-state index contributed by atoms with van der Waals surface area (Å²) in [4.78, 5) is 8.48. The molecule has 0 amide bonds. The highest BCUT2D eigenvalue weighted by Crippen LogP contribution is 2.29. The van der Waals surface area contributed by atoms with Gasteiger partial charge in [-0.1, -0.05) is 13.0 Å². The van der Waals surface area contributed by atoms with Crippen molar-refractivity contribution in [2.45, 2.75) is 12.8 Å². The molecule has 0 bridgehead atoms. The summed E-state index contributed by atoms with van der Waals surface area (Å²) in [5.41, 5.74) is 10.1. The average Bonchev–Trinajstić information content (AvgIpc) is 2.81. The van der Waals surface area contributed by atoms with Gasteiger partial charge in [-0.2, -0.15) is 5.26 Å². The number of aryl methyl sites for hydroxylation is 1. The Kier molecular flexibility index (Phi) is 4.34. The Morgan fingerprint density at radius 2 is 2.09 bits per heavy atom. The number of aromatic nitrogens is 3. The third-order valence-electron chi connectivity index (χ3n) is 3.83. The number of fused-ring (bicyclic) bond motifs is 1. The number of nitrogens with zero attached hydrogens (tertiary/aromatic N) is 4. The molecule has 0 spiro atoms. The van der Waals surface area contributed by atoms with Gasteiger partial charge in [-0.05, 0) is 29.3 Å². The first-order chi connectivity index (χ1) is 10.1. The van der Waals surface area contributed by atoms with E-state index in [-0.39, 0.29) is 18.3 Å². The molecular formula is C16H16ClN5. The third kappa shape index (κ3) is 2.49. The molecule has 0 aliphatic heterocycles. The molecule has 0 aliphatic carbocycles. The second kappa shape index (κ2) is 6.04. The van der Waals surface area contributed by atoms with E-state index in [1.54, 1.807) is 10.8 Å². The molecule has 3 aromatic rings. The van der Waals surface area contributed by atoms with Crippen LogP contribution in [-0.4, -0.2) is 14.5 Å². The zero-order valence-electron chi connectivity index (χ0n) is 12.3. The maximum absolute atomic E-state index is 9.40. The molecule has 2 heterocycles. The Balaban J connectivity index is 0.00000176. The lowest BCUT2D eigenvalue weighted by Gasteiger charge is -2.12. The van der Waals surface area contributed by atoms with E-state index in [9.17, 15) is 5.26 Å². The van der Waals surface area contributed by atoms with Crippen LogP contribution in [0, 0.1) is 11.3 Å². The fourth-order valence-corrected chi connectivity index (χ4v) is 2.55. The quantitative estimate of drug-likeness (QED) is 0.788. The van der Waals surface area contributed by atoms with Crippen molar-refractivity contribution in [1.29, 1.82) is 5.26 Å². The van der Waals surface area contributed by atoms with Crippen LogP contribution in [0.1, 0.15) is 29.5 Å². The van der Waals surface area contributed by atoms with Crippen molar-refractivity contribution in [3.63, 3.8) is 0 Å². The Morgan fingerprint density at radius 3 is 2.73 bits per heavy atom. The van der Waals surface area contributed by atoms with Crippen molar-refractivity contribution in [3.8, 4) is 6.07 Å². The molecule has 2 N–H and O–H groups in total. The van der Waals surface area contributed by atoms with Gasteiger partial charge in [0.1, 0.15) is 6.07 Å². The number of pyridine rings is 1. The summed E-state index contributed by atoms with van der Waals surface area (Å²) in [6, 6.07) is 10.1. The predicted molar refractivity (Wildman–Crippen MR) is 88.8 cm³/mol. The highest BCUT2D eigenvalue weighted by Gasteiger charge is 2.15. The van der Waals surface area contributed by atoms with E-state index in [2.05, 4.69) is 23.0 Å². The number of nitriles is 1. The molecule has 6 heteroatoms. The number of halogens is 1. The largest absolute Gasteiger partial charge is 0.369 e. The standard InChI is InChI=1S/C16H15N5.ClH/c1-10(11-4-3-5-19-9-11)12-6-13(8-17)15-14(7-12)20-16(18)21(15)2;/h3-7,9-10H,1-2H3,(H2,18,20);1H.